The minimum atomic E-state index is -0.666. The van der Waals surface area contributed by atoms with E-state index >= 15 is 0 Å². The van der Waals surface area contributed by atoms with Crippen LogP contribution in [0.1, 0.15) is 44.1 Å². The van der Waals surface area contributed by atoms with Crippen molar-refractivity contribution in [3.8, 4) is 0 Å². The van der Waals surface area contributed by atoms with Gasteiger partial charge in [0.1, 0.15) is 11.6 Å². The number of benzene rings is 1. The Bertz CT molecular complexity index is 945. The van der Waals surface area contributed by atoms with E-state index in [4.69, 9.17) is 0 Å². The van der Waals surface area contributed by atoms with Crippen molar-refractivity contribution in [3.63, 3.8) is 0 Å². The van der Waals surface area contributed by atoms with Gasteiger partial charge in [0.25, 0.3) is 0 Å². The lowest BCUT2D eigenvalue weighted by molar-refractivity contribution is -0.144. The molecule has 4 amide bonds. The van der Waals surface area contributed by atoms with Crippen molar-refractivity contribution < 1.29 is 23.2 Å². The molecular weight excluding hydrogens is 442 g/mol. The second-order valence-electron chi connectivity index (χ2n) is 10.3. The molecule has 4 saturated heterocycles. The minimum absolute atomic E-state index is 0.0411. The van der Waals surface area contributed by atoms with Crippen LogP contribution < -0.4 is 5.32 Å². The average molecular weight is 475 g/mol. The number of urea groups is 1. The summed E-state index contributed by atoms with van der Waals surface area (Å²) in [7, 11) is 0. The quantitative estimate of drug-likeness (QED) is 0.732. The first kappa shape index (κ1) is 23.1. The molecule has 0 aromatic heterocycles. The lowest BCUT2D eigenvalue weighted by atomic mass is 9.76. The van der Waals surface area contributed by atoms with Crippen molar-refractivity contribution in [1.82, 2.24) is 20.0 Å². The summed E-state index contributed by atoms with van der Waals surface area (Å²) in [5, 5.41) is 2.77. The summed E-state index contributed by atoms with van der Waals surface area (Å²) in [6, 6.07) is 3.54. The van der Waals surface area contributed by atoms with Crippen LogP contribution in [0, 0.1) is 29.4 Å². The van der Waals surface area contributed by atoms with E-state index in [1.54, 1.807) is 0 Å². The van der Waals surface area contributed by atoms with Gasteiger partial charge in [0.05, 0.1) is 0 Å². The molecule has 2 unspecified atom stereocenters. The molecule has 184 valence electrons. The first-order chi connectivity index (χ1) is 16.4. The molecule has 34 heavy (non-hydrogen) atoms. The standard InChI is InChI=1S/C25H32F2N4O3/c26-20-9-16(10-21(27)11-20)12-28-24(33)18-4-6-29(7-5-18)25(34)30-13-17-8-19(15-30)22-2-1-3-23(32)31(22)14-17/h9-11,17-19,22H,1-8,12-15H2,(H,28,33)/t17?,19?,22-/m1/s1. The summed E-state index contributed by atoms with van der Waals surface area (Å²) in [5.74, 6) is -0.722. The molecule has 7 nitrogen and oxygen atoms in total. The fourth-order valence-corrected chi connectivity index (χ4v) is 6.35. The Hall–Kier alpha value is -2.71. The van der Waals surface area contributed by atoms with Gasteiger partial charge in [-0.3, -0.25) is 9.59 Å². The molecule has 9 heteroatoms. The van der Waals surface area contributed by atoms with Crippen molar-refractivity contribution >= 4 is 17.8 Å². The van der Waals surface area contributed by atoms with Crippen LogP contribution in [0.5, 0.6) is 0 Å². The van der Waals surface area contributed by atoms with Gasteiger partial charge in [0.15, 0.2) is 0 Å². The number of hydrogen-bond acceptors (Lipinski definition) is 3. The average Bonchev–Trinajstić information content (AvgIpc) is 2.82. The number of amides is 4. The molecule has 0 aliphatic carbocycles. The summed E-state index contributed by atoms with van der Waals surface area (Å²) in [6.07, 6.45) is 4.87. The molecule has 4 fully saturated rings. The maximum atomic E-state index is 13.3. The normalized spacial score (nSPS) is 27.4. The number of nitrogens with one attached hydrogen (secondary N) is 1. The van der Waals surface area contributed by atoms with E-state index in [1.807, 2.05) is 9.80 Å². The highest BCUT2D eigenvalue weighted by Crippen LogP contribution is 2.38. The fourth-order valence-electron chi connectivity index (χ4n) is 6.35. The fraction of sp³-hybridized carbons (Fsp3) is 0.640. The molecule has 0 spiro atoms. The molecule has 3 atom stereocenters. The van der Waals surface area contributed by atoms with Crippen LogP contribution in [0.3, 0.4) is 0 Å². The smallest absolute Gasteiger partial charge is 0.320 e. The van der Waals surface area contributed by atoms with Gasteiger partial charge in [-0.05, 0) is 61.6 Å². The summed E-state index contributed by atoms with van der Waals surface area (Å²) < 4.78 is 26.7. The second kappa shape index (κ2) is 9.50. The molecule has 4 aliphatic heterocycles. The predicted octanol–water partition coefficient (Wildman–Crippen LogP) is 2.75. The molecule has 2 bridgehead atoms. The minimum Gasteiger partial charge on any atom is -0.352 e. The van der Waals surface area contributed by atoms with Crippen molar-refractivity contribution in [2.45, 2.75) is 51.1 Å². The Morgan fingerprint density at radius 1 is 0.971 bits per heavy atom. The number of carbonyl (C=O) groups is 3. The summed E-state index contributed by atoms with van der Waals surface area (Å²) in [5.41, 5.74) is 0.382. The summed E-state index contributed by atoms with van der Waals surface area (Å²) >= 11 is 0. The highest BCUT2D eigenvalue weighted by molar-refractivity contribution is 5.80. The molecular formula is C25H32F2N4O3. The first-order valence-corrected chi connectivity index (χ1v) is 12.4. The number of hydrogen-bond donors (Lipinski definition) is 1. The molecule has 1 N–H and O–H groups in total. The third-order valence-corrected chi connectivity index (χ3v) is 7.98. The van der Waals surface area contributed by atoms with Gasteiger partial charge >= 0.3 is 6.03 Å². The lowest BCUT2D eigenvalue weighted by Crippen LogP contribution is -2.62. The van der Waals surface area contributed by atoms with E-state index < -0.39 is 11.6 Å². The van der Waals surface area contributed by atoms with Gasteiger partial charge < -0.3 is 20.0 Å². The molecule has 1 aromatic carbocycles. The summed E-state index contributed by atoms with van der Waals surface area (Å²) in [4.78, 5) is 44.0. The van der Waals surface area contributed by atoms with E-state index in [0.29, 0.717) is 62.8 Å². The Labute approximate surface area is 198 Å². The monoisotopic (exact) mass is 474 g/mol. The number of nitrogens with zero attached hydrogens (tertiary/aromatic N) is 3. The van der Waals surface area contributed by atoms with Gasteiger partial charge in [0, 0.05) is 63.7 Å². The highest BCUT2D eigenvalue weighted by atomic mass is 19.1. The van der Waals surface area contributed by atoms with Crippen LogP contribution in [0.25, 0.3) is 0 Å². The van der Waals surface area contributed by atoms with E-state index in [2.05, 4.69) is 10.2 Å². The number of likely N-dealkylation sites (tertiary alicyclic amines) is 2. The van der Waals surface area contributed by atoms with Crippen molar-refractivity contribution in [3.05, 3.63) is 35.4 Å². The van der Waals surface area contributed by atoms with Crippen LogP contribution in [0.4, 0.5) is 13.6 Å². The Morgan fingerprint density at radius 3 is 2.44 bits per heavy atom. The van der Waals surface area contributed by atoms with Crippen LogP contribution in [0.2, 0.25) is 0 Å². The number of piperidine rings is 4. The molecule has 4 aliphatic rings. The van der Waals surface area contributed by atoms with Gasteiger partial charge in [-0.25, -0.2) is 13.6 Å². The zero-order valence-electron chi connectivity index (χ0n) is 19.3. The van der Waals surface area contributed by atoms with E-state index in [-0.39, 0.29) is 36.3 Å². The Kier molecular flexibility index (Phi) is 6.44. The molecule has 4 heterocycles. The molecule has 5 rings (SSSR count). The van der Waals surface area contributed by atoms with E-state index in [1.165, 1.54) is 12.1 Å². The van der Waals surface area contributed by atoms with Crippen LogP contribution in [-0.2, 0) is 16.1 Å². The Morgan fingerprint density at radius 2 is 1.71 bits per heavy atom. The second-order valence-corrected chi connectivity index (χ2v) is 10.3. The number of halogens is 2. The highest BCUT2D eigenvalue weighted by Gasteiger charge is 2.45. The molecule has 0 radical (unpaired) electrons. The third kappa shape index (κ3) is 4.74. The van der Waals surface area contributed by atoms with E-state index in [9.17, 15) is 23.2 Å². The van der Waals surface area contributed by atoms with Crippen LogP contribution in [0.15, 0.2) is 18.2 Å². The molecule has 1 aromatic rings. The Balaban J connectivity index is 1.11. The zero-order chi connectivity index (χ0) is 23.8. The first-order valence-electron chi connectivity index (χ1n) is 12.4. The third-order valence-electron chi connectivity index (χ3n) is 7.98. The number of carbonyl (C=O) groups excluding carboxylic acids is 3. The van der Waals surface area contributed by atoms with Gasteiger partial charge in [-0.1, -0.05) is 0 Å². The van der Waals surface area contributed by atoms with Gasteiger partial charge in [0.2, 0.25) is 11.8 Å². The number of fused-ring (bicyclic) bond motifs is 4. The molecule has 0 saturated carbocycles. The van der Waals surface area contributed by atoms with Crippen molar-refractivity contribution in [2.75, 3.05) is 32.7 Å². The largest absolute Gasteiger partial charge is 0.352 e. The van der Waals surface area contributed by atoms with Crippen molar-refractivity contribution in [1.29, 1.82) is 0 Å². The van der Waals surface area contributed by atoms with E-state index in [0.717, 1.165) is 31.9 Å². The van der Waals surface area contributed by atoms with Crippen molar-refractivity contribution in [2.24, 2.45) is 17.8 Å². The SMILES string of the molecule is O=C(NCc1cc(F)cc(F)c1)C1CCN(C(=O)N2CC3CC(C2)[C@H]2CCCC(=O)N2C3)CC1. The maximum Gasteiger partial charge on any atom is 0.320 e. The lowest BCUT2D eigenvalue weighted by Gasteiger charge is -2.53. The zero-order valence-corrected chi connectivity index (χ0v) is 19.3. The maximum absolute atomic E-state index is 13.3. The van der Waals surface area contributed by atoms with Crippen LogP contribution in [-0.4, -0.2) is 71.3 Å². The predicted molar refractivity (Wildman–Crippen MR) is 120 cm³/mol. The van der Waals surface area contributed by atoms with Gasteiger partial charge in [-0.15, -0.1) is 0 Å². The van der Waals surface area contributed by atoms with Gasteiger partial charge in [-0.2, -0.15) is 0 Å². The topological polar surface area (TPSA) is 73.0 Å². The number of rotatable bonds is 3. The summed E-state index contributed by atoms with van der Waals surface area (Å²) in [6.45, 7) is 3.27. The van der Waals surface area contributed by atoms with Crippen LogP contribution >= 0.6 is 0 Å².